The number of hydrogen-bond acceptors (Lipinski definition) is 6. The van der Waals surface area contributed by atoms with Crippen LogP contribution in [0.5, 0.6) is 5.75 Å². The lowest BCUT2D eigenvalue weighted by Gasteiger charge is -2.12. The molecule has 0 fully saturated rings. The Balaban J connectivity index is 1.80. The average Bonchev–Trinajstić information content (AvgIpc) is 2.68. The Morgan fingerprint density at radius 3 is 2.39 bits per heavy atom. The van der Waals surface area contributed by atoms with E-state index in [1.54, 1.807) is 44.4 Å². The summed E-state index contributed by atoms with van der Waals surface area (Å²) in [6.07, 6.45) is 0. The van der Waals surface area contributed by atoms with Gasteiger partial charge in [-0.3, -0.25) is 9.59 Å². The minimum atomic E-state index is -0.371. The second-order valence-electron chi connectivity index (χ2n) is 6.10. The Morgan fingerprint density at radius 2 is 1.71 bits per heavy atom. The number of Topliss-reactive ketones (excluding diaryl/α,β-unsaturated/α-hetero) is 1. The van der Waals surface area contributed by atoms with Gasteiger partial charge in [0.2, 0.25) is 0 Å². The number of rotatable bonds is 6. The van der Waals surface area contributed by atoms with E-state index in [0.717, 1.165) is 5.69 Å². The van der Waals surface area contributed by atoms with E-state index in [1.165, 1.54) is 6.92 Å². The number of aryl methyl sites for hydroxylation is 1. The summed E-state index contributed by atoms with van der Waals surface area (Å²) in [4.78, 5) is 32.5. The van der Waals surface area contributed by atoms with Gasteiger partial charge in [0.1, 0.15) is 23.1 Å². The fourth-order valence-corrected chi connectivity index (χ4v) is 2.62. The number of carbonyl (C=O) groups is 2. The van der Waals surface area contributed by atoms with Crippen LogP contribution in [-0.4, -0.2) is 28.8 Å². The second-order valence-corrected chi connectivity index (χ2v) is 6.10. The maximum absolute atomic E-state index is 12.6. The number of anilines is 3. The number of hydrogen-bond donors (Lipinski definition) is 2. The van der Waals surface area contributed by atoms with Crippen LogP contribution in [0.1, 0.15) is 33.6 Å². The van der Waals surface area contributed by atoms with Crippen LogP contribution in [0.2, 0.25) is 0 Å². The van der Waals surface area contributed by atoms with Crippen LogP contribution in [0, 0.1) is 6.92 Å². The molecular weight excluding hydrogens is 356 g/mol. The predicted molar refractivity (Wildman–Crippen MR) is 107 cm³/mol. The van der Waals surface area contributed by atoms with E-state index in [4.69, 9.17) is 4.74 Å². The molecule has 0 aliphatic carbocycles. The summed E-state index contributed by atoms with van der Waals surface area (Å²) in [6, 6.07) is 15.7. The standard InChI is InChI=1S/C21H20N4O3/c1-13(26)15-8-10-16(11-9-15)24-21(27)18-12-20(23-14(2)22-18)25-17-6-4-5-7-19(17)28-3/h4-12H,1-3H3,(H,24,27)(H,22,23,25). The van der Waals surface area contributed by atoms with Crippen molar-refractivity contribution in [2.45, 2.75) is 13.8 Å². The van der Waals surface area contributed by atoms with Gasteiger partial charge in [-0.2, -0.15) is 0 Å². The normalized spacial score (nSPS) is 10.2. The first-order chi connectivity index (χ1) is 13.5. The van der Waals surface area contributed by atoms with Crippen molar-refractivity contribution in [3.05, 3.63) is 71.7 Å². The van der Waals surface area contributed by atoms with Crippen molar-refractivity contribution in [1.29, 1.82) is 0 Å². The quantitative estimate of drug-likeness (QED) is 0.632. The third-order valence-corrected chi connectivity index (χ3v) is 3.99. The Kier molecular flexibility index (Phi) is 5.64. The Bertz CT molecular complexity index is 1020. The summed E-state index contributed by atoms with van der Waals surface area (Å²) in [5.41, 5.74) is 2.11. The number of ether oxygens (including phenoxy) is 1. The Hall–Kier alpha value is -3.74. The number of para-hydroxylation sites is 2. The number of amides is 1. The zero-order chi connectivity index (χ0) is 20.1. The highest BCUT2D eigenvalue weighted by molar-refractivity contribution is 6.03. The van der Waals surface area contributed by atoms with Crippen LogP contribution in [0.15, 0.2) is 54.6 Å². The van der Waals surface area contributed by atoms with Crippen LogP contribution < -0.4 is 15.4 Å². The molecule has 0 aliphatic rings. The maximum atomic E-state index is 12.6. The van der Waals surface area contributed by atoms with Gasteiger partial charge in [-0.25, -0.2) is 9.97 Å². The highest BCUT2D eigenvalue weighted by Gasteiger charge is 2.12. The van der Waals surface area contributed by atoms with Crippen molar-refractivity contribution in [2.75, 3.05) is 17.7 Å². The summed E-state index contributed by atoms with van der Waals surface area (Å²) < 4.78 is 5.32. The molecule has 1 heterocycles. The smallest absolute Gasteiger partial charge is 0.274 e. The zero-order valence-corrected chi connectivity index (χ0v) is 15.8. The van der Waals surface area contributed by atoms with Gasteiger partial charge in [0, 0.05) is 17.3 Å². The molecule has 142 valence electrons. The summed E-state index contributed by atoms with van der Waals surface area (Å²) in [6.45, 7) is 3.21. The summed E-state index contributed by atoms with van der Waals surface area (Å²) >= 11 is 0. The van der Waals surface area contributed by atoms with E-state index < -0.39 is 0 Å². The summed E-state index contributed by atoms with van der Waals surface area (Å²) in [7, 11) is 1.59. The van der Waals surface area contributed by atoms with Crippen LogP contribution in [0.4, 0.5) is 17.2 Å². The van der Waals surface area contributed by atoms with Gasteiger partial charge in [-0.1, -0.05) is 12.1 Å². The lowest BCUT2D eigenvalue weighted by molar-refractivity contribution is 0.101. The van der Waals surface area contributed by atoms with Gasteiger partial charge in [0.25, 0.3) is 5.91 Å². The van der Waals surface area contributed by atoms with Crippen LogP contribution in [0.3, 0.4) is 0 Å². The van der Waals surface area contributed by atoms with Crippen molar-refractivity contribution in [1.82, 2.24) is 9.97 Å². The number of aromatic nitrogens is 2. The molecule has 0 atom stereocenters. The molecule has 2 aromatic carbocycles. The highest BCUT2D eigenvalue weighted by atomic mass is 16.5. The molecule has 28 heavy (non-hydrogen) atoms. The van der Waals surface area contributed by atoms with Gasteiger partial charge < -0.3 is 15.4 Å². The number of methoxy groups -OCH3 is 1. The van der Waals surface area contributed by atoms with E-state index in [9.17, 15) is 9.59 Å². The minimum Gasteiger partial charge on any atom is -0.495 e. The topological polar surface area (TPSA) is 93.2 Å². The first kappa shape index (κ1) is 19.0. The van der Waals surface area contributed by atoms with E-state index in [2.05, 4.69) is 20.6 Å². The lowest BCUT2D eigenvalue weighted by Crippen LogP contribution is -2.15. The molecule has 0 bridgehead atoms. The number of carbonyl (C=O) groups excluding carboxylic acids is 2. The highest BCUT2D eigenvalue weighted by Crippen LogP contribution is 2.26. The molecule has 0 unspecified atom stereocenters. The zero-order valence-electron chi connectivity index (χ0n) is 15.8. The largest absolute Gasteiger partial charge is 0.495 e. The van der Waals surface area contributed by atoms with Crippen LogP contribution in [-0.2, 0) is 0 Å². The molecule has 0 saturated carbocycles. The molecule has 1 aromatic heterocycles. The number of nitrogens with zero attached hydrogens (tertiary/aromatic N) is 2. The predicted octanol–water partition coefficient (Wildman–Crippen LogP) is 3.99. The van der Waals surface area contributed by atoms with E-state index in [0.29, 0.717) is 28.6 Å². The minimum absolute atomic E-state index is 0.0311. The SMILES string of the molecule is COc1ccccc1Nc1cc(C(=O)Nc2ccc(C(C)=O)cc2)nc(C)n1. The Labute approximate surface area is 162 Å². The van der Waals surface area contributed by atoms with Crippen molar-refractivity contribution in [3.63, 3.8) is 0 Å². The van der Waals surface area contributed by atoms with E-state index in [-0.39, 0.29) is 17.4 Å². The van der Waals surface area contributed by atoms with Crippen molar-refractivity contribution >= 4 is 28.9 Å². The number of ketones is 1. The molecule has 0 radical (unpaired) electrons. The number of benzene rings is 2. The third-order valence-electron chi connectivity index (χ3n) is 3.99. The molecule has 1 amide bonds. The van der Waals surface area contributed by atoms with Gasteiger partial charge in [0.05, 0.1) is 12.8 Å². The van der Waals surface area contributed by atoms with E-state index >= 15 is 0 Å². The van der Waals surface area contributed by atoms with Gasteiger partial charge in [-0.15, -0.1) is 0 Å². The van der Waals surface area contributed by atoms with Gasteiger partial charge in [-0.05, 0) is 50.2 Å². The molecule has 3 aromatic rings. The second kappa shape index (κ2) is 8.30. The number of nitrogens with one attached hydrogen (secondary N) is 2. The van der Waals surface area contributed by atoms with Crippen molar-refractivity contribution < 1.29 is 14.3 Å². The van der Waals surface area contributed by atoms with E-state index in [1.807, 2.05) is 24.3 Å². The van der Waals surface area contributed by atoms with Crippen LogP contribution >= 0.6 is 0 Å². The summed E-state index contributed by atoms with van der Waals surface area (Å²) in [5.74, 6) is 1.20. The van der Waals surface area contributed by atoms with Gasteiger partial charge >= 0.3 is 0 Å². The molecule has 0 saturated heterocycles. The van der Waals surface area contributed by atoms with Crippen molar-refractivity contribution in [3.8, 4) is 5.75 Å². The van der Waals surface area contributed by atoms with Crippen molar-refractivity contribution in [2.24, 2.45) is 0 Å². The molecule has 7 nitrogen and oxygen atoms in total. The molecule has 0 aliphatic heterocycles. The summed E-state index contributed by atoms with van der Waals surface area (Å²) in [5, 5.41) is 5.92. The fraction of sp³-hybridized carbons (Fsp3) is 0.143. The molecule has 2 N–H and O–H groups in total. The fourth-order valence-electron chi connectivity index (χ4n) is 2.62. The Morgan fingerprint density at radius 1 is 1.00 bits per heavy atom. The first-order valence-electron chi connectivity index (χ1n) is 8.64. The third kappa shape index (κ3) is 4.50. The van der Waals surface area contributed by atoms with Crippen LogP contribution in [0.25, 0.3) is 0 Å². The average molecular weight is 376 g/mol. The lowest BCUT2D eigenvalue weighted by atomic mass is 10.1. The monoisotopic (exact) mass is 376 g/mol. The first-order valence-corrected chi connectivity index (χ1v) is 8.64. The molecule has 7 heteroatoms. The maximum Gasteiger partial charge on any atom is 0.274 e. The van der Waals surface area contributed by atoms with Gasteiger partial charge in [0.15, 0.2) is 5.78 Å². The molecular formula is C21H20N4O3. The molecule has 0 spiro atoms. The molecule has 3 rings (SSSR count).